The maximum atomic E-state index is 13.8. The number of nitrogens with zero attached hydrogens (tertiary/aromatic N) is 1. The molecule has 3 aliphatic rings. The van der Waals surface area contributed by atoms with Gasteiger partial charge in [0.15, 0.2) is 17.3 Å². The molecule has 0 aromatic heterocycles. The maximum Gasteiger partial charge on any atom is 1.00 e. The number of benzene rings is 2. The molecule has 3 fully saturated rings. The van der Waals surface area contributed by atoms with Crippen molar-refractivity contribution >= 4 is 35.8 Å². The van der Waals surface area contributed by atoms with Gasteiger partial charge in [0.05, 0.1) is 57.1 Å². The van der Waals surface area contributed by atoms with Gasteiger partial charge in [-0.1, -0.05) is 55.4 Å². The van der Waals surface area contributed by atoms with Crippen LogP contribution in [0.2, 0.25) is 0 Å². The molecule has 3 heterocycles. The third-order valence-corrected chi connectivity index (χ3v) is 13.7. The molecule has 5 rings (SSSR count). The second kappa shape index (κ2) is 33.0. The number of carbonyl (C=O) groups is 6. The van der Waals surface area contributed by atoms with Gasteiger partial charge in [0.1, 0.15) is 23.4 Å². The number of ether oxygens (including phenoxy) is 10. The number of carbonyl (C=O) groups excluding carboxylic acids is 6. The van der Waals surface area contributed by atoms with Crippen LogP contribution in [0, 0.1) is 53.4 Å². The molecular formula is C60H93LiN2O16. The van der Waals surface area contributed by atoms with Crippen LogP contribution in [-0.4, -0.2) is 131 Å². The Morgan fingerprint density at radius 2 is 1.20 bits per heavy atom. The van der Waals surface area contributed by atoms with Crippen molar-refractivity contribution < 1.29 is 95.0 Å². The summed E-state index contributed by atoms with van der Waals surface area (Å²) in [5, 5.41) is 2.91. The first-order valence-electron chi connectivity index (χ1n) is 27.5. The second-order valence-electron chi connectivity index (χ2n) is 23.5. The Bertz CT molecular complexity index is 2240. The molecule has 18 nitrogen and oxygen atoms in total. The van der Waals surface area contributed by atoms with Gasteiger partial charge in [-0.25, -0.2) is 14.5 Å². The van der Waals surface area contributed by atoms with E-state index in [0.717, 1.165) is 17.9 Å². The van der Waals surface area contributed by atoms with Crippen molar-refractivity contribution in [3.63, 3.8) is 0 Å². The van der Waals surface area contributed by atoms with E-state index >= 15 is 0 Å². The Morgan fingerprint density at radius 1 is 0.671 bits per heavy atom. The Balaban J connectivity index is 0.000000452. The summed E-state index contributed by atoms with van der Waals surface area (Å²) in [6.45, 7) is 28.8. The van der Waals surface area contributed by atoms with Crippen molar-refractivity contribution in [3.05, 3.63) is 48.0 Å². The number of alkyl carbamates (subject to hydrolysis) is 1. The number of hydrogen-bond acceptors (Lipinski definition) is 16. The summed E-state index contributed by atoms with van der Waals surface area (Å²) in [6.07, 6.45) is 1.12. The van der Waals surface area contributed by atoms with E-state index in [2.05, 4.69) is 11.4 Å². The van der Waals surface area contributed by atoms with Gasteiger partial charge in [0, 0.05) is 63.4 Å². The van der Waals surface area contributed by atoms with Crippen molar-refractivity contribution in [1.29, 1.82) is 0 Å². The van der Waals surface area contributed by atoms with Crippen molar-refractivity contribution in [2.45, 2.75) is 171 Å². The van der Waals surface area contributed by atoms with Crippen LogP contribution < -0.4 is 43.1 Å². The summed E-state index contributed by atoms with van der Waals surface area (Å²) in [5.41, 5.74) is -0.905. The molecule has 0 bridgehead atoms. The molecular weight excluding hydrogens is 1010 g/mol. The molecule has 3 amide bonds. The first-order chi connectivity index (χ1) is 36.6. The van der Waals surface area contributed by atoms with Crippen LogP contribution in [0.3, 0.4) is 0 Å². The van der Waals surface area contributed by atoms with Gasteiger partial charge in [-0.2, -0.15) is 12.1 Å². The molecule has 0 radical (unpaired) electrons. The van der Waals surface area contributed by atoms with Crippen LogP contribution in [0.15, 0.2) is 36.4 Å². The topological polar surface area (TPSA) is 210 Å². The van der Waals surface area contributed by atoms with Crippen molar-refractivity contribution in [1.82, 2.24) is 10.2 Å². The van der Waals surface area contributed by atoms with E-state index in [9.17, 15) is 28.8 Å². The molecule has 0 aliphatic carbocycles. The molecule has 0 saturated carbocycles. The van der Waals surface area contributed by atoms with Gasteiger partial charge < -0.3 is 52.7 Å². The molecule has 1 N–H and O–H groups in total. The molecule has 0 spiro atoms. The average molecular weight is 1110 g/mol. The number of esters is 2. The van der Waals surface area contributed by atoms with Crippen LogP contribution in [-0.2, 0) is 42.8 Å². The van der Waals surface area contributed by atoms with E-state index in [1.54, 1.807) is 100 Å². The average Bonchev–Trinajstić information content (AvgIpc) is 4.11. The summed E-state index contributed by atoms with van der Waals surface area (Å²) in [7, 11) is 6.48. The van der Waals surface area contributed by atoms with E-state index in [1.807, 2.05) is 61.5 Å². The largest absolute Gasteiger partial charge is 1.00 e. The summed E-state index contributed by atoms with van der Waals surface area (Å²) >= 11 is 0. The van der Waals surface area contributed by atoms with E-state index in [-0.39, 0.29) is 90.3 Å². The minimum atomic E-state index is -0.697. The Kier molecular flexibility index (Phi) is 29.3. The maximum absolute atomic E-state index is 13.8. The number of nitrogens with one attached hydrogen (secondary N) is 1. The van der Waals surface area contributed by atoms with Crippen LogP contribution >= 0.6 is 0 Å². The zero-order valence-corrected chi connectivity index (χ0v) is 50.9. The number of rotatable bonds is 23. The van der Waals surface area contributed by atoms with Gasteiger partial charge in [-0.05, 0) is 109 Å². The molecule has 19 heteroatoms. The number of cyclic esters (lactones) is 2. The van der Waals surface area contributed by atoms with E-state index < -0.39 is 53.6 Å². The number of hydrogen-bond donors (Lipinski definition) is 1. The number of amides is 3. The predicted molar refractivity (Wildman–Crippen MR) is 295 cm³/mol. The molecule has 2 aromatic carbocycles. The number of ketones is 1. The van der Waals surface area contributed by atoms with Crippen molar-refractivity contribution in [3.8, 4) is 23.0 Å². The standard InChI is InChI=1S/C30H47NO8.C19H31NO5.C11H15O3.Li/c1-18(2)21(27(32)20-11-12-24(36-9)26(15-20)37-14-10-13-35-8)16-23(31-29(34)39-30(5,6)7)25-17-22(19(3)4)28(33)38-25;1-10(2)12-8-14(15-9-13(11(3)4)17(22)24-15)20(16(12)21)18(23)25-19(5,6)7;1-12-8-5-9-14-11-7-4-3-6-10(11)13-2;/h11-12,15,18-19,21-23,25H,10,13-14,16-17H2,1-9H3,(H,31,34);10-15H,8-9H2,1-7H3;3,6-7H,5,8-9H2,1-2H3;/q;;-1;+1/t21-,22-,23-,25-;12-,13-,14-,15-;;/m00../s1. The predicted octanol–water partition coefficient (Wildman–Crippen LogP) is 7.73. The van der Waals surface area contributed by atoms with Gasteiger partial charge in [0.2, 0.25) is 5.91 Å². The van der Waals surface area contributed by atoms with Crippen molar-refractivity contribution in [2.75, 3.05) is 54.9 Å². The molecule has 0 unspecified atom stereocenters. The molecule has 3 saturated heterocycles. The first-order valence-corrected chi connectivity index (χ1v) is 27.5. The summed E-state index contributed by atoms with van der Waals surface area (Å²) in [5.74, 6) is 0.845. The monoisotopic (exact) mass is 1100 g/mol. The summed E-state index contributed by atoms with van der Waals surface area (Å²) < 4.78 is 54.2. The third-order valence-electron chi connectivity index (χ3n) is 13.7. The van der Waals surface area contributed by atoms with Gasteiger partial charge in [0.25, 0.3) is 0 Å². The summed E-state index contributed by atoms with van der Waals surface area (Å²) in [4.78, 5) is 78.0. The summed E-state index contributed by atoms with van der Waals surface area (Å²) in [6, 6.07) is 12.4. The number of likely N-dealkylation sites (tertiary alicyclic amines) is 1. The van der Waals surface area contributed by atoms with Crippen LogP contribution in [0.1, 0.15) is 146 Å². The van der Waals surface area contributed by atoms with E-state index in [1.165, 1.54) is 4.90 Å². The van der Waals surface area contributed by atoms with Crippen molar-refractivity contribution in [2.24, 2.45) is 47.3 Å². The van der Waals surface area contributed by atoms with Gasteiger partial charge in [-0.3, -0.25) is 19.2 Å². The van der Waals surface area contributed by atoms with Crippen LogP contribution in [0.25, 0.3) is 0 Å². The van der Waals surface area contributed by atoms with Gasteiger partial charge >= 0.3 is 43.0 Å². The zero-order chi connectivity index (χ0) is 58.7. The molecule has 440 valence electrons. The Labute approximate surface area is 483 Å². The van der Waals surface area contributed by atoms with E-state index in [0.29, 0.717) is 69.2 Å². The minimum absolute atomic E-state index is 0. The minimum Gasteiger partial charge on any atom is -0.547 e. The first kappa shape index (κ1) is 70.1. The number of Topliss-reactive ketones (excluding diaryl/α,β-unsaturated/α-hetero) is 1. The Morgan fingerprint density at radius 3 is 1.70 bits per heavy atom. The zero-order valence-electron chi connectivity index (χ0n) is 50.9. The Hall–Kier alpha value is -5.02. The molecule has 3 aliphatic heterocycles. The van der Waals surface area contributed by atoms with Crippen LogP contribution in [0.4, 0.5) is 9.59 Å². The smallest absolute Gasteiger partial charge is 0.547 e. The number of methoxy groups -OCH3 is 4. The second-order valence-corrected chi connectivity index (χ2v) is 23.5. The van der Waals surface area contributed by atoms with Crippen LogP contribution in [0.5, 0.6) is 23.0 Å². The fourth-order valence-electron chi connectivity index (χ4n) is 9.38. The fourth-order valence-corrected chi connectivity index (χ4v) is 9.38. The quantitative estimate of drug-likeness (QED) is 0.0282. The fraction of sp³-hybridized carbons (Fsp3) is 0.700. The van der Waals surface area contributed by atoms with E-state index in [4.69, 9.17) is 47.4 Å². The number of imide groups is 1. The SMILES string of the molecule is CC(C)[C@@H]1C[C@@H]([C@@H]2C[C@@H](C(C)C)C(=O)N2C(=O)OC(C)(C)C)OC1=O.COCCCOc1c[c-]ccc1OC.COCCCOc1cc(C(=O)[C@@H](C[C@H](NC(=O)OC(C)(C)C)[C@@H]2C[C@@H](C(C)C)C(=O)O2)C(C)C)ccc1OC.[Li+]. The third kappa shape index (κ3) is 22.1. The normalized spacial score (nSPS) is 20.7. The molecule has 79 heavy (non-hydrogen) atoms. The molecule has 2 aromatic rings. The van der Waals surface area contributed by atoms with Gasteiger partial charge in [-0.15, -0.1) is 12.1 Å². The molecule has 8 atom stereocenters.